The van der Waals surface area contributed by atoms with Gasteiger partial charge in [-0.15, -0.1) is 0 Å². The number of nitrogens with zero attached hydrogens (tertiary/aromatic N) is 4. The van der Waals surface area contributed by atoms with Gasteiger partial charge in [0.2, 0.25) is 0 Å². The molecular weight excluding hydrogens is 256 g/mol. The number of hydrogen-bond acceptors (Lipinski definition) is 6. The van der Waals surface area contributed by atoms with Crippen LogP contribution in [0.3, 0.4) is 0 Å². The summed E-state index contributed by atoms with van der Waals surface area (Å²) in [5.74, 6) is 1.53. The first-order chi connectivity index (χ1) is 9.74. The summed E-state index contributed by atoms with van der Waals surface area (Å²) in [7, 11) is 0. The van der Waals surface area contributed by atoms with Crippen molar-refractivity contribution in [1.29, 1.82) is 0 Å². The molecule has 0 spiro atoms. The summed E-state index contributed by atoms with van der Waals surface area (Å²) in [5.41, 5.74) is 1.91. The molecule has 0 N–H and O–H groups in total. The van der Waals surface area contributed by atoms with Gasteiger partial charge in [0, 0.05) is 19.3 Å². The Morgan fingerprint density at radius 2 is 2.00 bits per heavy atom. The van der Waals surface area contributed by atoms with E-state index in [-0.39, 0.29) is 0 Å². The first-order valence-electron chi connectivity index (χ1n) is 6.87. The van der Waals surface area contributed by atoms with Gasteiger partial charge in [-0.1, -0.05) is 19.9 Å². The van der Waals surface area contributed by atoms with E-state index >= 15 is 0 Å². The van der Waals surface area contributed by atoms with Crippen molar-refractivity contribution in [3.05, 3.63) is 23.9 Å². The molecule has 6 heteroatoms. The number of rotatable bonds is 3. The van der Waals surface area contributed by atoms with Gasteiger partial charge in [0.25, 0.3) is 11.8 Å². The molecule has 0 atom stereocenters. The monoisotopic (exact) mass is 274 g/mol. The minimum Gasteiger partial charge on any atom is -0.378 e. The summed E-state index contributed by atoms with van der Waals surface area (Å²) in [5, 5.41) is 4.02. The fraction of sp³-hybridized carbons (Fsp3) is 0.500. The molecule has 3 rings (SSSR count). The van der Waals surface area contributed by atoms with Crippen molar-refractivity contribution in [2.24, 2.45) is 0 Å². The Morgan fingerprint density at radius 1 is 1.20 bits per heavy atom. The van der Waals surface area contributed by atoms with Gasteiger partial charge in [0.15, 0.2) is 0 Å². The average Bonchev–Trinajstić information content (AvgIpc) is 2.98. The standard InChI is InChI=1S/C14H18N4O2/c1-10(2)11-3-4-12(15-9-11)13-16-14(17-20-13)18-5-7-19-8-6-18/h3-4,9-10H,5-8H2,1-2H3. The Labute approximate surface area is 117 Å². The highest BCUT2D eigenvalue weighted by molar-refractivity contribution is 5.49. The molecule has 0 bridgehead atoms. The van der Waals surface area contributed by atoms with Gasteiger partial charge in [-0.3, -0.25) is 4.98 Å². The molecular formula is C14H18N4O2. The van der Waals surface area contributed by atoms with Crippen LogP contribution in [0, 0.1) is 0 Å². The number of morpholine rings is 1. The quantitative estimate of drug-likeness (QED) is 0.854. The molecule has 0 aliphatic carbocycles. The predicted molar refractivity (Wildman–Crippen MR) is 74.7 cm³/mol. The third-order valence-corrected chi connectivity index (χ3v) is 3.38. The molecule has 1 aliphatic rings. The molecule has 2 aromatic heterocycles. The lowest BCUT2D eigenvalue weighted by atomic mass is 10.1. The molecule has 0 radical (unpaired) electrons. The van der Waals surface area contributed by atoms with Crippen LogP contribution in [0.5, 0.6) is 0 Å². The third kappa shape index (κ3) is 2.65. The van der Waals surface area contributed by atoms with Crippen molar-refractivity contribution in [2.75, 3.05) is 31.2 Å². The Balaban J connectivity index is 1.78. The zero-order valence-corrected chi connectivity index (χ0v) is 11.7. The molecule has 1 fully saturated rings. The summed E-state index contributed by atoms with van der Waals surface area (Å²) in [6, 6.07) is 3.97. The Hall–Kier alpha value is -1.95. The van der Waals surface area contributed by atoms with E-state index in [0.717, 1.165) is 13.1 Å². The molecule has 0 unspecified atom stereocenters. The van der Waals surface area contributed by atoms with Crippen molar-refractivity contribution < 1.29 is 9.26 Å². The highest BCUT2D eigenvalue weighted by Crippen LogP contribution is 2.21. The van der Waals surface area contributed by atoms with Crippen molar-refractivity contribution >= 4 is 5.95 Å². The van der Waals surface area contributed by atoms with Gasteiger partial charge < -0.3 is 14.2 Å². The lowest BCUT2D eigenvalue weighted by Crippen LogP contribution is -2.36. The molecule has 106 valence electrons. The molecule has 6 nitrogen and oxygen atoms in total. The maximum Gasteiger partial charge on any atom is 0.278 e. The smallest absolute Gasteiger partial charge is 0.278 e. The van der Waals surface area contributed by atoms with Gasteiger partial charge in [-0.2, -0.15) is 4.98 Å². The van der Waals surface area contributed by atoms with Crippen LogP contribution in [0.15, 0.2) is 22.9 Å². The Morgan fingerprint density at radius 3 is 2.65 bits per heavy atom. The fourth-order valence-electron chi connectivity index (χ4n) is 2.08. The second kappa shape index (κ2) is 5.58. The largest absolute Gasteiger partial charge is 0.378 e. The number of pyridine rings is 1. The van der Waals surface area contributed by atoms with E-state index in [1.807, 2.05) is 18.3 Å². The zero-order valence-electron chi connectivity index (χ0n) is 11.7. The summed E-state index contributed by atoms with van der Waals surface area (Å²) in [4.78, 5) is 10.9. The first-order valence-corrected chi connectivity index (χ1v) is 6.87. The van der Waals surface area contributed by atoms with Crippen LogP contribution >= 0.6 is 0 Å². The van der Waals surface area contributed by atoms with Crippen molar-refractivity contribution in [3.63, 3.8) is 0 Å². The minimum atomic E-state index is 0.460. The number of aromatic nitrogens is 3. The molecule has 1 saturated heterocycles. The van der Waals surface area contributed by atoms with Crippen LogP contribution in [0.4, 0.5) is 5.95 Å². The van der Waals surface area contributed by atoms with Crippen LogP contribution < -0.4 is 4.90 Å². The highest BCUT2D eigenvalue weighted by atomic mass is 16.5. The first kappa shape index (κ1) is 13.1. The molecule has 0 amide bonds. The second-order valence-corrected chi connectivity index (χ2v) is 5.13. The van der Waals surface area contributed by atoms with Gasteiger partial charge in [-0.05, 0) is 22.7 Å². The highest BCUT2D eigenvalue weighted by Gasteiger charge is 2.18. The predicted octanol–water partition coefficient (Wildman–Crippen LogP) is 2.09. The number of hydrogen-bond donors (Lipinski definition) is 0. The normalized spacial score (nSPS) is 15.8. The van der Waals surface area contributed by atoms with Gasteiger partial charge >= 0.3 is 0 Å². The van der Waals surface area contributed by atoms with Crippen LogP contribution in [-0.2, 0) is 4.74 Å². The summed E-state index contributed by atoms with van der Waals surface area (Å²) < 4.78 is 10.6. The number of ether oxygens (including phenoxy) is 1. The Bertz CT molecular complexity index is 559. The summed E-state index contributed by atoms with van der Waals surface area (Å²) in [6.07, 6.45) is 1.86. The fourth-order valence-corrected chi connectivity index (χ4v) is 2.08. The van der Waals surface area contributed by atoms with E-state index in [1.54, 1.807) is 0 Å². The maximum atomic E-state index is 5.31. The maximum absolute atomic E-state index is 5.31. The molecule has 3 heterocycles. The minimum absolute atomic E-state index is 0.460. The third-order valence-electron chi connectivity index (χ3n) is 3.38. The lowest BCUT2D eigenvalue weighted by Gasteiger charge is -2.24. The Kier molecular flexibility index (Phi) is 3.64. The summed E-state index contributed by atoms with van der Waals surface area (Å²) in [6.45, 7) is 7.26. The van der Waals surface area contributed by atoms with Crippen LogP contribution in [-0.4, -0.2) is 41.4 Å². The van der Waals surface area contributed by atoms with E-state index in [9.17, 15) is 0 Å². The van der Waals surface area contributed by atoms with Crippen LogP contribution in [0.25, 0.3) is 11.6 Å². The van der Waals surface area contributed by atoms with Crippen LogP contribution in [0.2, 0.25) is 0 Å². The van der Waals surface area contributed by atoms with E-state index < -0.39 is 0 Å². The van der Waals surface area contributed by atoms with Gasteiger partial charge in [0.1, 0.15) is 5.69 Å². The molecule has 0 saturated carbocycles. The van der Waals surface area contributed by atoms with Crippen LogP contribution in [0.1, 0.15) is 25.3 Å². The van der Waals surface area contributed by atoms with Crippen molar-refractivity contribution in [1.82, 2.24) is 15.1 Å². The number of anilines is 1. The van der Waals surface area contributed by atoms with E-state index in [1.165, 1.54) is 5.56 Å². The van der Waals surface area contributed by atoms with E-state index in [0.29, 0.717) is 36.7 Å². The molecule has 0 aromatic carbocycles. The second-order valence-electron chi connectivity index (χ2n) is 5.13. The molecule has 1 aliphatic heterocycles. The molecule has 20 heavy (non-hydrogen) atoms. The topological polar surface area (TPSA) is 64.3 Å². The van der Waals surface area contributed by atoms with E-state index in [4.69, 9.17) is 9.26 Å². The summed E-state index contributed by atoms with van der Waals surface area (Å²) >= 11 is 0. The van der Waals surface area contributed by atoms with E-state index in [2.05, 4.69) is 33.9 Å². The van der Waals surface area contributed by atoms with Gasteiger partial charge in [0.05, 0.1) is 13.2 Å². The lowest BCUT2D eigenvalue weighted by molar-refractivity contribution is 0.121. The van der Waals surface area contributed by atoms with Crippen molar-refractivity contribution in [3.8, 4) is 11.6 Å². The SMILES string of the molecule is CC(C)c1ccc(-c2nc(N3CCOCC3)no2)nc1. The average molecular weight is 274 g/mol. The zero-order chi connectivity index (χ0) is 13.9. The molecule has 2 aromatic rings. The van der Waals surface area contributed by atoms with Gasteiger partial charge in [-0.25, -0.2) is 0 Å². The van der Waals surface area contributed by atoms with Crippen molar-refractivity contribution in [2.45, 2.75) is 19.8 Å².